The van der Waals surface area contributed by atoms with Crippen molar-refractivity contribution < 1.29 is 4.79 Å². The maximum absolute atomic E-state index is 12.5. The highest BCUT2D eigenvalue weighted by molar-refractivity contribution is 5.81. The number of hydrogen-bond acceptors (Lipinski definition) is 3. The number of carbonyl (C=O) groups excluding carboxylic acids is 1. The van der Waals surface area contributed by atoms with Crippen molar-refractivity contribution >= 4 is 5.91 Å². The number of rotatable bonds is 3. The fourth-order valence-electron chi connectivity index (χ4n) is 3.59. The smallest absolute Gasteiger partial charge is 0.239 e. The third-order valence-corrected chi connectivity index (χ3v) is 4.75. The van der Waals surface area contributed by atoms with Crippen LogP contribution >= 0.6 is 0 Å². The normalized spacial score (nSPS) is 26.5. The van der Waals surface area contributed by atoms with Gasteiger partial charge in [0.2, 0.25) is 5.91 Å². The molecule has 0 radical (unpaired) electrons. The first kappa shape index (κ1) is 14.5. The van der Waals surface area contributed by atoms with Crippen LogP contribution in [0.5, 0.6) is 0 Å². The summed E-state index contributed by atoms with van der Waals surface area (Å²) in [6, 6.07) is 8.42. The molecule has 1 saturated heterocycles. The van der Waals surface area contributed by atoms with E-state index < -0.39 is 0 Å². The largest absolute Gasteiger partial charge is 0.341 e. The van der Waals surface area contributed by atoms with Gasteiger partial charge in [0.05, 0.1) is 6.04 Å². The topological polar surface area (TPSA) is 58.4 Å². The van der Waals surface area contributed by atoms with Crippen LogP contribution in [-0.4, -0.2) is 29.9 Å². The van der Waals surface area contributed by atoms with Gasteiger partial charge >= 0.3 is 0 Å². The van der Waals surface area contributed by atoms with E-state index >= 15 is 0 Å². The summed E-state index contributed by atoms with van der Waals surface area (Å²) in [6.07, 6.45) is 4.39. The van der Waals surface area contributed by atoms with Gasteiger partial charge in [-0.15, -0.1) is 0 Å². The number of likely N-dealkylation sites (tertiary alicyclic amines) is 1. The summed E-state index contributed by atoms with van der Waals surface area (Å²) in [5.41, 5.74) is 8.66. The lowest BCUT2D eigenvalue weighted by molar-refractivity contribution is -0.134. The third-order valence-electron chi connectivity index (χ3n) is 4.75. The van der Waals surface area contributed by atoms with Crippen molar-refractivity contribution in [2.75, 3.05) is 13.1 Å². The monoisotopic (exact) mass is 287 g/mol. The molecule has 1 amide bonds. The van der Waals surface area contributed by atoms with Crippen LogP contribution in [0.3, 0.4) is 0 Å². The van der Waals surface area contributed by atoms with Gasteiger partial charge in [-0.2, -0.15) is 0 Å². The Morgan fingerprint density at radius 2 is 1.90 bits per heavy atom. The molecule has 0 spiro atoms. The summed E-state index contributed by atoms with van der Waals surface area (Å²) >= 11 is 0. The van der Waals surface area contributed by atoms with Gasteiger partial charge in [0.1, 0.15) is 0 Å². The van der Waals surface area contributed by atoms with Crippen LogP contribution in [-0.2, 0) is 4.79 Å². The van der Waals surface area contributed by atoms with Crippen molar-refractivity contribution in [1.82, 2.24) is 10.2 Å². The van der Waals surface area contributed by atoms with Crippen LogP contribution in [0.4, 0.5) is 0 Å². The zero-order chi connectivity index (χ0) is 14.8. The number of hydrogen-bond donors (Lipinski definition) is 2. The highest BCUT2D eigenvalue weighted by atomic mass is 16.2. The molecule has 4 nitrogen and oxygen atoms in total. The second-order valence-electron chi connectivity index (χ2n) is 6.30. The van der Waals surface area contributed by atoms with Crippen LogP contribution in [0.2, 0.25) is 0 Å². The first-order chi connectivity index (χ1) is 10.2. The molecule has 3 atom stereocenters. The number of fused-ring (bicyclic) bond motifs is 1. The van der Waals surface area contributed by atoms with E-state index in [4.69, 9.17) is 5.73 Å². The Bertz CT molecular complexity index is 511. The van der Waals surface area contributed by atoms with Gasteiger partial charge in [0.25, 0.3) is 0 Å². The molecule has 114 valence electrons. The minimum atomic E-state index is -0.147. The molecule has 4 heteroatoms. The number of nitrogens with zero attached hydrogens (tertiary/aromatic N) is 1. The van der Waals surface area contributed by atoms with E-state index in [-0.39, 0.29) is 24.0 Å². The maximum atomic E-state index is 12.5. The Kier molecular flexibility index (Phi) is 4.27. The van der Waals surface area contributed by atoms with Crippen LogP contribution in [0.25, 0.3) is 0 Å². The van der Waals surface area contributed by atoms with E-state index in [0.717, 1.165) is 32.4 Å². The van der Waals surface area contributed by atoms with Crippen molar-refractivity contribution in [1.29, 1.82) is 0 Å². The Labute approximate surface area is 126 Å². The fraction of sp³-hybridized carbons (Fsp3) is 0.588. The summed E-state index contributed by atoms with van der Waals surface area (Å²) in [5, 5.41) is 3.49. The second kappa shape index (κ2) is 6.16. The Balaban J connectivity index is 1.65. The maximum Gasteiger partial charge on any atom is 0.239 e. The standard InChI is InChI=1S/C17H25N3O/c1-12(17(21)20-9-5-2-6-10-20)19-16-11-15(18)13-7-3-4-8-14(13)16/h3-4,7-8,12,15-16,19H,2,5-6,9-11,18H2,1H3. The minimum Gasteiger partial charge on any atom is -0.341 e. The lowest BCUT2D eigenvalue weighted by Gasteiger charge is -2.30. The van der Waals surface area contributed by atoms with E-state index in [1.54, 1.807) is 0 Å². The Morgan fingerprint density at radius 3 is 2.62 bits per heavy atom. The molecule has 3 rings (SSSR count). The molecule has 3 unspecified atom stereocenters. The predicted molar refractivity (Wildman–Crippen MR) is 83.8 cm³/mol. The molecular weight excluding hydrogens is 262 g/mol. The molecule has 21 heavy (non-hydrogen) atoms. The Morgan fingerprint density at radius 1 is 1.24 bits per heavy atom. The van der Waals surface area contributed by atoms with Gasteiger partial charge in [-0.3, -0.25) is 10.1 Å². The number of amides is 1. The molecule has 1 aliphatic heterocycles. The molecule has 0 saturated carbocycles. The molecule has 3 N–H and O–H groups in total. The predicted octanol–water partition coefficient (Wildman–Crippen LogP) is 2.12. The van der Waals surface area contributed by atoms with Gasteiger partial charge in [0, 0.05) is 25.2 Å². The van der Waals surface area contributed by atoms with Crippen molar-refractivity contribution in [3.63, 3.8) is 0 Å². The van der Waals surface area contributed by atoms with Crippen LogP contribution in [0.1, 0.15) is 55.8 Å². The van der Waals surface area contributed by atoms with Gasteiger partial charge in [-0.25, -0.2) is 0 Å². The summed E-state index contributed by atoms with van der Waals surface area (Å²) in [4.78, 5) is 14.5. The highest BCUT2D eigenvalue weighted by Gasteiger charge is 2.31. The van der Waals surface area contributed by atoms with E-state index in [2.05, 4.69) is 17.4 Å². The van der Waals surface area contributed by atoms with Crippen molar-refractivity contribution in [3.05, 3.63) is 35.4 Å². The second-order valence-corrected chi connectivity index (χ2v) is 6.30. The van der Waals surface area contributed by atoms with E-state index in [9.17, 15) is 4.79 Å². The van der Waals surface area contributed by atoms with Crippen LogP contribution in [0.15, 0.2) is 24.3 Å². The molecule has 0 aromatic heterocycles. The number of piperidine rings is 1. The SMILES string of the molecule is CC(NC1CC(N)c2ccccc21)C(=O)N1CCCCC1. The molecule has 2 aliphatic rings. The Hall–Kier alpha value is -1.39. The molecule has 1 heterocycles. The minimum absolute atomic E-state index is 0.0796. The number of nitrogens with one attached hydrogen (secondary N) is 1. The summed E-state index contributed by atoms with van der Waals surface area (Å²) in [7, 11) is 0. The lowest BCUT2D eigenvalue weighted by atomic mass is 10.1. The van der Waals surface area contributed by atoms with Gasteiger partial charge < -0.3 is 10.6 Å². The van der Waals surface area contributed by atoms with E-state index in [0.29, 0.717) is 0 Å². The third kappa shape index (κ3) is 2.97. The fourth-order valence-corrected chi connectivity index (χ4v) is 3.59. The zero-order valence-corrected chi connectivity index (χ0v) is 12.7. The number of benzene rings is 1. The molecular formula is C17H25N3O. The quantitative estimate of drug-likeness (QED) is 0.895. The molecule has 0 bridgehead atoms. The average Bonchev–Trinajstić information content (AvgIpc) is 2.84. The van der Waals surface area contributed by atoms with Crippen molar-refractivity contribution in [2.24, 2.45) is 5.73 Å². The lowest BCUT2D eigenvalue weighted by Crippen LogP contribution is -2.47. The summed E-state index contributed by atoms with van der Waals surface area (Å²) in [6.45, 7) is 3.79. The molecule has 1 fully saturated rings. The van der Waals surface area contributed by atoms with Crippen LogP contribution in [0, 0.1) is 0 Å². The molecule has 1 aromatic rings. The van der Waals surface area contributed by atoms with Gasteiger partial charge in [-0.05, 0) is 43.7 Å². The molecule has 1 aromatic carbocycles. The summed E-state index contributed by atoms with van der Waals surface area (Å²) in [5.74, 6) is 0.229. The molecule has 1 aliphatic carbocycles. The first-order valence-corrected chi connectivity index (χ1v) is 8.06. The van der Waals surface area contributed by atoms with Gasteiger partial charge in [-0.1, -0.05) is 24.3 Å². The highest BCUT2D eigenvalue weighted by Crippen LogP contribution is 2.37. The average molecular weight is 287 g/mol. The summed E-state index contributed by atoms with van der Waals surface area (Å²) < 4.78 is 0. The van der Waals surface area contributed by atoms with E-state index in [1.807, 2.05) is 24.0 Å². The number of nitrogens with two attached hydrogens (primary N) is 1. The zero-order valence-electron chi connectivity index (χ0n) is 12.7. The van der Waals surface area contributed by atoms with Crippen LogP contribution < -0.4 is 11.1 Å². The van der Waals surface area contributed by atoms with Crippen molar-refractivity contribution in [2.45, 2.75) is 50.7 Å². The number of carbonyl (C=O) groups is 1. The van der Waals surface area contributed by atoms with E-state index in [1.165, 1.54) is 17.5 Å². The van der Waals surface area contributed by atoms with Gasteiger partial charge in [0.15, 0.2) is 0 Å². The first-order valence-electron chi connectivity index (χ1n) is 8.06. The van der Waals surface area contributed by atoms with Crippen molar-refractivity contribution in [3.8, 4) is 0 Å².